The van der Waals surface area contributed by atoms with Crippen LogP contribution in [0.25, 0.3) is 22.6 Å². The third-order valence-corrected chi connectivity index (χ3v) is 8.37. The molecular weight excluding hydrogens is 507 g/mol. The number of aromatic nitrogens is 2. The zero-order chi connectivity index (χ0) is 27.6. The van der Waals surface area contributed by atoms with E-state index in [-0.39, 0.29) is 17.3 Å². The Labute approximate surface area is 234 Å². The van der Waals surface area contributed by atoms with E-state index in [1.165, 1.54) is 18.9 Å². The zero-order valence-electron chi connectivity index (χ0n) is 23.2. The van der Waals surface area contributed by atoms with Crippen molar-refractivity contribution in [3.8, 4) is 0 Å². The van der Waals surface area contributed by atoms with E-state index in [1.807, 2.05) is 35.2 Å². The first-order valence-corrected chi connectivity index (χ1v) is 14.5. The summed E-state index contributed by atoms with van der Waals surface area (Å²) in [4.78, 5) is 37.2. The first kappa shape index (κ1) is 26.7. The van der Waals surface area contributed by atoms with Crippen molar-refractivity contribution in [3.05, 3.63) is 64.0 Å². The largest absolute Gasteiger partial charge is 0.367 e. The maximum Gasteiger partial charge on any atom is 0.261 e. The van der Waals surface area contributed by atoms with Gasteiger partial charge in [-0.1, -0.05) is 12.1 Å². The molecule has 210 valence electrons. The fourth-order valence-electron chi connectivity index (χ4n) is 6.01. The minimum absolute atomic E-state index is 0.0397. The first-order valence-electron chi connectivity index (χ1n) is 14.5. The molecule has 2 fully saturated rings. The number of hydrogen-bond acceptors (Lipinski definition) is 6. The van der Waals surface area contributed by atoms with Crippen LogP contribution in [0.15, 0.2) is 41.2 Å². The summed E-state index contributed by atoms with van der Waals surface area (Å²) in [5.41, 5.74) is 3.57. The van der Waals surface area contributed by atoms with Crippen LogP contribution in [-0.2, 0) is 11.3 Å². The Balaban J connectivity index is 1.17. The van der Waals surface area contributed by atoms with E-state index in [1.54, 1.807) is 10.6 Å². The second-order valence-corrected chi connectivity index (χ2v) is 11.2. The molecule has 2 aromatic carbocycles. The van der Waals surface area contributed by atoms with Crippen molar-refractivity contribution in [2.24, 2.45) is 0 Å². The van der Waals surface area contributed by atoms with Crippen LogP contribution in [0.5, 0.6) is 0 Å². The third-order valence-electron chi connectivity index (χ3n) is 8.37. The molecule has 0 unspecified atom stereocenters. The SMILES string of the molecule is CN1CCN(c2cc3nc4n(c(=O)c3cc2F)CC/C4=C\c2ccc(NC(=O)CCCN3CCCC3)cc2)CC1. The second-order valence-electron chi connectivity index (χ2n) is 11.2. The average molecular weight is 545 g/mol. The van der Waals surface area contributed by atoms with Gasteiger partial charge in [-0.15, -0.1) is 0 Å². The molecule has 0 aliphatic carbocycles. The van der Waals surface area contributed by atoms with E-state index in [0.29, 0.717) is 41.8 Å². The van der Waals surface area contributed by atoms with Gasteiger partial charge in [0.15, 0.2) is 0 Å². The van der Waals surface area contributed by atoms with Gasteiger partial charge < -0.3 is 20.0 Å². The molecule has 4 heterocycles. The Morgan fingerprint density at radius 3 is 2.52 bits per heavy atom. The maximum absolute atomic E-state index is 15.1. The highest BCUT2D eigenvalue weighted by atomic mass is 19.1. The van der Waals surface area contributed by atoms with Crippen LogP contribution in [0.2, 0.25) is 0 Å². The van der Waals surface area contributed by atoms with Crippen LogP contribution in [0, 0.1) is 5.82 Å². The van der Waals surface area contributed by atoms with Gasteiger partial charge in [-0.25, -0.2) is 9.37 Å². The van der Waals surface area contributed by atoms with Crippen LogP contribution >= 0.6 is 0 Å². The molecule has 0 bridgehead atoms. The van der Waals surface area contributed by atoms with Crippen molar-refractivity contribution in [2.45, 2.75) is 38.6 Å². The number of carbonyl (C=O) groups is 1. The molecule has 8 nitrogen and oxygen atoms in total. The van der Waals surface area contributed by atoms with E-state index in [2.05, 4.69) is 22.2 Å². The molecule has 0 radical (unpaired) electrons. The van der Waals surface area contributed by atoms with E-state index in [9.17, 15) is 9.59 Å². The molecule has 1 N–H and O–H groups in total. The van der Waals surface area contributed by atoms with Gasteiger partial charge >= 0.3 is 0 Å². The van der Waals surface area contributed by atoms with Crippen molar-refractivity contribution >= 4 is 39.8 Å². The van der Waals surface area contributed by atoms with Gasteiger partial charge in [0.05, 0.1) is 16.6 Å². The molecular formula is C31H37FN6O2. The monoisotopic (exact) mass is 544 g/mol. The molecule has 3 aliphatic rings. The Bertz CT molecular complexity index is 1480. The van der Waals surface area contributed by atoms with Gasteiger partial charge in [-0.2, -0.15) is 0 Å². The fourth-order valence-corrected chi connectivity index (χ4v) is 6.01. The van der Waals surface area contributed by atoms with Crippen molar-refractivity contribution in [1.82, 2.24) is 19.4 Å². The van der Waals surface area contributed by atoms with Crippen LogP contribution < -0.4 is 15.8 Å². The quantitative estimate of drug-likeness (QED) is 0.484. The van der Waals surface area contributed by atoms with E-state index < -0.39 is 0 Å². The summed E-state index contributed by atoms with van der Waals surface area (Å²) in [6, 6.07) is 10.8. The Morgan fingerprint density at radius 1 is 1.02 bits per heavy atom. The summed E-state index contributed by atoms with van der Waals surface area (Å²) in [6.45, 7) is 7.03. The zero-order valence-corrected chi connectivity index (χ0v) is 23.2. The third kappa shape index (κ3) is 5.67. The highest BCUT2D eigenvalue weighted by Crippen LogP contribution is 2.30. The minimum Gasteiger partial charge on any atom is -0.367 e. The van der Waals surface area contributed by atoms with Gasteiger partial charge in [0.25, 0.3) is 5.56 Å². The summed E-state index contributed by atoms with van der Waals surface area (Å²) < 4.78 is 16.7. The molecule has 1 amide bonds. The number of nitrogens with one attached hydrogen (secondary N) is 1. The number of rotatable bonds is 7. The van der Waals surface area contributed by atoms with Gasteiger partial charge in [-0.3, -0.25) is 14.2 Å². The van der Waals surface area contributed by atoms with Gasteiger partial charge in [-0.05, 0) is 93.8 Å². The number of anilines is 2. The summed E-state index contributed by atoms with van der Waals surface area (Å²) in [5, 5.41) is 3.32. The number of allylic oxidation sites excluding steroid dienone is 1. The number of fused-ring (bicyclic) bond motifs is 2. The van der Waals surface area contributed by atoms with Crippen molar-refractivity contribution in [2.75, 3.05) is 63.1 Å². The summed E-state index contributed by atoms with van der Waals surface area (Å²) >= 11 is 0. The molecule has 3 aromatic rings. The number of hydrogen-bond donors (Lipinski definition) is 1. The van der Waals surface area contributed by atoms with Crippen molar-refractivity contribution in [1.29, 1.82) is 0 Å². The number of halogens is 1. The average Bonchev–Trinajstić information content (AvgIpc) is 3.61. The molecule has 1 aromatic heterocycles. The second kappa shape index (κ2) is 11.5. The van der Waals surface area contributed by atoms with Crippen LogP contribution in [0.3, 0.4) is 0 Å². The molecule has 9 heteroatoms. The lowest BCUT2D eigenvalue weighted by molar-refractivity contribution is -0.116. The summed E-state index contributed by atoms with van der Waals surface area (Å²) in [7, 11) is 2.06. The predicted octanol–water partition coefficient (Wildman–Crippen LogP) is 4.05. The van der Waals surface area contributed by atoms with Crippen LogP contribution in [0.1, 0.15) is 43.5 Å². The lowest BCUT2D eigenvalue weighted by Crippen LogP contribution is -2.44. The van der Waals surface area contributed by atoms with Crippen LogP contribution in [0.4, 0.5) is 15.8 Å². The topological polar surface area (TPSA) is 73.7 Å². The standard InChI is InChI=1S/C31H37FN6O2/c1-35-15-17-37(18-16-35)28-21-27-25(20-26(28)32)31(40)38-14-10-23(30(38)34-27)19-22-6-8-24(9-7-22)33-29(39)5-4-13-36-11-2-3-12-36/h6-9,19-21H,2-5,10-18H2,1H3,(H,33,39)/b23-19+. The summed E-state index contributed by atoms with van der Waals surface area (Å²) in [6.07, 6.45) is 6.66. The molecule has 0 saturated carbocycles. The lowest BCUT2D eigenvalue weighted by atomic mass is 10.1. The number of likely N-dealkylation sites (N-methyl/N-ethyl adjacent to an activating group) is 1. The maximum atomic E-state index is 15.1. The lowest BCUT2D eigenvalue weighted by Gasteiger charge is -2.34. The molecule has 6 rings (SSSR count). The Kier molecular flexibility index (Phi) is 7.67. The van der Waals surface area contributed by atoms with Gasteiger partial charge in [0.1, 0.15) is 11.6 Å². The number of amides is 1. The first-order chi connectivity index (χ1) is 19.4. The van der Waals surface area contributed by atoms with Gasteiger partial charge in [0, 0.05) is 44.8 Å². The number of carbonyl (C=O) groups excluding carboxylic acids is 1. The molecule has 3 aliphatic heterocycles. The molecule has 0 spiro atoms. The van der Waals surface area contributed by atoms with E-state index >= 15 is 4.39 Å². The smallest absolute Gasteiger partial charge is 0.261 e. The normalized spacial score (nSPS) is 19.1. The Morgan fingerprint density at radius 2 is 1.77 bits per heavy atom. The Hall–Kier alpha value is -3.56. The fraction of sp³-hybridized carbons (Fsp3) is 0.452. The van der Waals surface area contributed by atoms with E-state index in [4.69, 9.17) is 4.98 Å². The van der Waals surface area contributed by atoms with Crippen molar-refractivity contribution in [3.63, 3.8) is 0 Å². The molecule has 0 atom stereocenters. The molecule has 2 saturated heterocycles. The van der Waals surface area contributed by atoms with Crippen molar-refractivity contribution < 1.29 is 9.18 Å². The highest BCUT2D eigenvalue weighted by Gasteiger charge is 2.24. The summed E-state index contributed by atoms with van der Waals surface area (Å²) in [5.74, 6) is 0.311. The predicted molar refractivity (Wildman–Crippen MR) is 158 cm³/mol. The van der Waals surface area contributed by atoms with Crippen LogP contribution in [-0.4, -0.2) is 78.1 Å². The number of nitrogens with zero attached hydrogens (tertiary/aromatic N) is 5. The number of piperazine rings is 1. The van der Waals surface area contributed by atoms with Gasteiger partial charge in [0.2, 0.25) is 5.91 Å². The minimum atomic E-state index is -0.371. The number of benzene rings is 2. The number of likely N-dealkylation sites (tertiary alicyclic amines) is 1. The highest BCUT2D eigenvalue weighted by molar-refractivity contribution is 5.91. The molecule has 40 heavy (non-hydrogen) atoms. The van der Waals surface area contributed by atoms with E-state index in [0.717, 1.165) is 69.1 Å².